The molecule has 0 fully saturated rings. The normalized spacial score (nSPS) is 10.9. The van der Waals surface area contributed by atoms with Gasteiger partial charge in [-0.05, 0) is 36.3 Å². The van der Waals surface area contributed by atoms with Gasteiger partial charge in [0.25, 0.3) is 0 Å². The van der Waals surface area contributed by atoms with Gasteiger partial charge in [-0.15, -0.1) is 0 Å². The molecule has 0 atom stereocenters. The summed E-state index contributed by atoms with van der Waals surface area (Å²) in [5, 5.41) is 8.69. The molecule has 0 saturated heterocycles. The Bertz CT molecular complexity index is 266. The summed E-state index contributed by atoms with van der Waals surface area (Å²) < 4.78 is 0. The second kappa shape index (κ2) is 5.82. The van der Waals surface area contributed by atoms with Crippen LogP contribution in [0.4, 0.5) is 0 Å². The predicted molar refractivity (Wildman–Crippen MR) is 60.6 cm³/mol. The van der Waals surface area contributed by atoms with Crippen molar-refractivity contribution in [3.8, 4) is 0 Å². The van der Waals surface area contributed by atoms with Crippen LogP contribution in [0, 0.1) is 0 Å². The molecule has 78 valence electrons. The maximum absolute atomic E-state index is 8.69. The Morgan fingerprint density at radius 3 is 2.64 bits per heavy atom. The molecule has 1 nitrogen and oxygen atoms in total. The van der Waals surface area contributed by atoms with Crippen molar-refractivity contribution < 1.29 is 5.11 Å². The topological polar surface area (TPSA) is 20.2 Å². The van der Waals surface area contributed by atoms with Crippen molar-refractivity contribution in [1.82, 2.24) is 0 Å². The SMILES string of the molecule is CC(C)c1cccc(CCCCO)c1. The van der Waals surface area contributed by atoms with E-state index in [0.29, 0.717) is 12.5 Å². The number of hydrogen-bond donors (Lipinski definition) is 1. The fourth-order valence-electron chi connectivity index (χ4n) is 1.55. The van der Waals surface area contributed by atoms with Gasteiger partial charge in [0.15, 0.2) is 0 Å². The van der Waals surface area contributed by atoms with E-state index in [1.165, 1.54) is 11.1 Å². The lowest BCUT2D eigenvalue weighted by Gasteiger charge is -2.07. The van der Waals surface area contributed by atoms with Gasteiger partial charge in [0.2, 0.25) is 0 Å². The Morgan fingerprint density at radius 2 is 2.00 bits per heavy atom. The fraction of sp³-hybridized carbons (Fsp3) is 0.538. The second-order valence-electron chi connectivity index (χ2n) is 4.08. The lowest BCUT2D eigenvalue weighted by molar-refractivity contribution is 0.284. The summed E-state index contributed by atoms with van der Waals surface area (Å²) in [6.45, 7) is 4.74. The van der Waals surface area contributed by atoms with Gasteiger partial charge in [-0.2, -0.15) is 0 Å². The van der Waals surface area contributed by atoms with E-state index in [1.807, 2.05) is 0 Å². The number of unbranched alkanes of at least 4 members (excludes halogenated alkanes) is 1. The average molecular weight is 192 g/mol. The third kappa shape index (κ3) is 3.51. The van der Waals surface area contributed by atoms with E-state index < -0.39 is 0 Å². The van der Waals surface area contributed by atoms with Crippen molar-refractivity contribution in [2.24, 2.45) is 0 Å². The van der Waals surface area contributed by atoms with E-state index >= 15 is 0 Å². The first kappa shape index (κ1) is 11.3. The van der Waals surface area contributed by atoms with E-state index in [4.69, 9.17) is 5.11 Å². The van der Waals surface area contributed by atoms with Gasteiger partial charge in [-0.1, -0.05) is 38.1 Å². The molecule has 0 aromatic heterocycles. The number of rotatable bonds is 5. The van der Waals surface area contributed by atoms with Crippen LogP contribution in [0.25, 0.3) is 0 Å². The molecular formula is C13H20O. The largest absolute Gasteiger partial charge is 0.396 e. The summed E-state index contributed by atoms with van der Waals surface area (Å²) >= 11 is 0. The van der Waals surface area contributed by atoms with Crippen LogP contribution in [0.15, 0.2) is 24.3 Å². The molecule has 1 aromatic rings. The molecule has 0 aliphatic heterocycles. The summed E-state index contributed by atoms with van der Waals surface area (Å²) in [4.78, 5) is 0. The molecule has 1 N–H and O–H groups in total. The van der Waals surface area contributed by atoms with Crippen molar-refractivity contribution in [3.63, 3.8) is 0 Å². The van der Waals surface area contributed by atoms with Crippen LogP contribution >= 0.6 is 0 Å². The van der Waals surface area contributed by atoms with E-state index in [0.717, 1.165) is 19.3 Å². The summed E-state index contributed by atoms with van der Waals surface area (Å²) in [6, 6.07) is 8.76. The first-order chi connectivity index (χ1) is 6.74. The Kier molecular flexibility index (Phi) is 4.68. The Labute approximate surface area is 86.8 Å². The van der Waals surface area contributed by atoms with Crippen molar-refractivity contribution in [1.29, 1.82) is 0 Å². The van der Waals surface area contributed by atoms with Crippen LogP contribution < -0.4 is 0 Å². The Morgan fingerprint density at radius 1 is 1.21 bits per heavy atom. The smallest absolute Gasteiger partial charge is 0.0431 e. The quantitative estimate of drug-likeness (QED) is 0.711. The molecular weight excluding hydrogens is 172 g/mol. The number of aryl methyl sites for hydroxylation is 1. The minimum absolute atomic E-state index is 0.309. The Hall–Kier alpha value is -0.820. The van der Waals surface area contributed by atoms with Gasteiger partial charge in [0.05, 0.1) is 0 Å². The second-order valence-corrected chi connectivity index (χ2v) is 4.08. The van der Waals surface area contributed by atoms with Crippen LogP contribution in [0.5, 0.6) is 0 Å². The standard InChI is InChI=1S/C13H20O/c1-11(2)13-8-5-7-12(10-13)6-3-4-9-14/h5,7-8,10-11,14H,3-4,6,9H2,1-2H3. The molecule has 0 saturated carbocycles. The van der Waals surface area contributed by atoms with Crippen LogP contribution in [-0.2, 0) is 6.42 Å². The zero-order valence-corrected chi connectivity index (χ0v) is 9.16. The minimum atomic E-state index is 0.309. The molecule has 14 heavy (non-hydrogen) atoms. The first-order valence-corrected chi connectivity index (χ1v) is 5.43. The van der Waals surface area contributed by atoms with Gasteiger partial charge < -0.3 is 5.11 Å². The number of aliphatic hydroxyl groups excluding tert-OH is 1. The molecule has 0 aliphatic rings. The molecule has 0 spiro atoms. The molecule has 0 aliphatic carbocycles. The highest BCUT2D eigenvalue weighted by molar-refractivity contribution is 5.25. The third-order valence-corrected chi connectivity index (χ3v) is 2.49. The van der Waals surface area contributed by atoms with Crippen molar-refractivity contribution in [2.45, 2.75) is 39.0 Å². The van der Waals surface area contributed by atoms with Gasteiger partial charge >= 0.3 is 0 Å². The summed E-state index contributed by atoms with van der Waals surface area (Å²) in [7, 11) is 0. The lowest BCUT2D eigenvalue weighted by Crippen LogP contribution is -1.92. The van der Waals surface area contributed by atoms with Crippen LogP contribution in [0.3, 0.4) is 0 Å². The molecule has 1 rings (SSSR count). The van der Waals surface area contributed by atoms with E-state index in [9.17, 15) is 0 Å². The fourth-order valence-corrected chi connectivity index (χ4v) is 1.55. The van der Waals surface area contributed by atoms with Crippen LogP contribution in [-0.4, -0.2) is 11.7 Å². The van der Waals surface area contributed by atoms with Gasteiger partial charge in [-0.25, -0.2) is 0 Å². The highest BCUT2D eigenvalue weighted by atomic mass is 16.2. The predicted octanol–water partition coefficient (Wildman–Crippen LogP) is 3.13. The van der Waals surface area contributed by atoms with Crippen molar-refractivity contribution >= 4 is 0 Å². The third-order valence-electron chi connectivity index (χ3n) is 2.49. The molecule has 0 amide bonds. The van der Waals surface area contributed by atoms with E-state index in [-0.39, 0.29) is 0 Å². The average Bonchev–Trinajstić information content (AvgIpc) is 2.19. The van der Waals surface area contributed by atoms with Gasteiger partial charge in [0.1, 0.15) is 0 Å². The molecule has 0 bridgehead atoms. The molecule has 0 unspecified atom stereocenters. The van der Waals surface area contributed by atoms with Crippen LogP contribution in [0.1, 0.15) is 43.7 Å². The summed E-state index contributed by atoms with van der Waals surface area (Å²) in [5.74, 6) is 0.604. The number of benzene rings is 1. The van der Waals surface area contributed by atoms with Crippen LogP contribution in [0.2, 0.25) is 0 Å². The zero-order valence-electron chi connectivity index (χ0n) is 9.16. The monoisotopic (exact) mass is 192 g/mol. The first-order valence-electron chi connectivity index (χ1n) is 5.43. The van der Waals surface area contributed by atoms with E-state index in [1.54, 1.807) is 0 Å². The maximum atomic E-state index is 8.69. The molecule has 0 heterocycles. The number of aliphatic hydroxyl groups is 1. The summed E-state index contributed by atoms with van der Waals surface area (Å²) in [5.41, 5.74) is 2.80. The minimum Gasteiger partial charge on any atom is -0.396 e. The van der Waals surface area contributed by atoms with E-state index in [2.05, 4.69) is 38.1 Å². The van der Waals surface area contributed by atoms with Crippen molar-refractivity contribution in [3.05, 3.63) is 35.4 Å². The summed E-state index contributed by atoms with van der Waals surface area (Å²) in [6.07, 6.45) is 3.07. The highest BCUT2D eigenvalue weighted by Crippen LogP contribution is 2.16. The van der Waals surface area contributed by atoms with Gasteiger partial charge in [-0.3, -0.25) is 0 Å². The lowest BCUT2D eigenvalue weighted by atomic mass is 9.99. The van der Waals surface area contributed by atoms with Gasteiger partial charge in [0, 0.05) is 6.61 Å². The highest BCUT2D eigenvalue weighted by Gasteiger charge is 1.99. The Balaban J connectivity index is 2.55. The maximum Gasteiger partial charge on any atom is 0.0431 e. The number of hydrogen-bond acceptors (Lipinski definition) is 1. The van der Waals surface area contributed by atoms with Crippen molar-refractivity contribution in [2.75, 3.05) is 6.61 Å². The molecule has 1 heteroatoms. The zero-order chi connectivity index (χ0) is 10.4. The molecule has 0 radical (unpaired) electrons. The molecule has 1 aromatic carbocycles.